The molecule has 7 nitrogen and oxygen atoms in total. The number of aromatic nitrogens is 3. The number of ether oxygens (including phenoxy) is 1. The summed E-state index contributed by atoms with van der Waals surface area (Å²) in [4.78, 5) is 19.5. The lowest BCUT2D eigenvalue weighted by Crippen LogP contribution is -2.22. The minimum Gasteiger partial charge on any atom is -0.860 e. The molecule has 0 aliphatic carbocycles. The molecular formula is C12H11N3O4S. The lowest BCUT2D eigenvalue weighted by Gasteiger charge is -2.18. The van der Waals surface area contributed by atoms with E-state index in [9.17, 15) is 15.0 Å². The number of nitrogens with one attached hydrogen (secondary N) is 3. The SMILES string of the molecule is Cc1[nH+]cc2c(c1O)C(c1c([O-])[nH]c(=S)[nH]c1=O)OC2. The van der Waals surface area contributed by atoms with Crippen LogP contribution in [0.3, 0.4) is 0 Å². The Hall–Kier alpha value is -2.19. The van der Waals surface area contributed by atoms with Crippen LogP contribution in [0.4, 0.5) is 0 Å². The molecule has 1 atom stereocenters. The molecule has 0 saturated heterocycles. The summed E-state index contributed by atoms with van der Waals surface area (Å²) < 4.78 is 5.45. The van der Waals surface area contributed by atoms with Crippen molar-refractivity contribution in [3.63, 3.8) is 0 Å². The number of aryl methyl sites for hydroxylation is 1. The summed E-state index contributed by atoms with van der Waals surface area (Å²) in [7, 11) is 0. The zero-order valence-electron chi connectivity index (χ0n) is 10.4. The Kier molecular flexibility index (Phi) is 2.84. The number of hydrogen-bond acceptors (Lipinski definition) is 5. The Morgan fingerprint density at radius 2 is 2.25 bits per heavy atom. The first kappa shape index (κ1) is 12.8. The monoisotopic (exact) mass is 293 g/mol. The first-order valence-corrected chi connectivity index (χ1v) is 6.28. The molecule has 0 spiro atoms. The highest BCUT2D eigenvalue weighted by atomic mass is 32.1. The van der Waals surface area contributed by atoms with Gasteiger partial charge in [0.25, 0.3) is 5.56 Å². The molecule has 8 heteroatoms. The maximum atomic E-state index is 11.9. The van der Waals surface area contributed by atoms with E-state index in [0.29, 0.717) is 16.8 Å². The van der Waals surface area contributed by atoms with Crippen molar-refractivity contribution in [2.45, 2.75) is 19.6 Å². The summed E-state index contributed by atoms with van der Waals surface area (Å²) in [6.07, 6.45) is 0.787. The number of aromatic hydroxyl groups is 1. The van der Waals surface area contributed by atoms with E-state index in [2.05, 4.69) is 15.0 Å². The molecule has 3 heterocycles. The highest BCUT2D eigenvalue weighted by Crippen LogP contribution is 2.41. The Bertz CT molecular complexity index is 811. The lowest BCUT2D eigenvalue weighted by atomic mass is 10.0. The van der Waals surface area contributed by atoms with Crippen LogP contribution < -0.4 is 15.6 Å². The van der Waals surface area contributed by atoms with Crippen LogP contribution in [0.25, 0.3) is 0 Å². The molecular weight excluding hydrogens is 282 g/mol. The second-order valence-electron chi connectivity index (χ2n) is 4.54. The zero-order valence-corrected chi connectivity index (χ0v) is 11.3. The van der Waals surface area contributed by atoms with E-state index in [4.69, 9.17) is 17.0 Å². The predicted molar refractivity (Wildman–Crippen MR) is 67.7 cm³/mol. The first-order valence-electron chi connectivity index (χ1n) is 5.87. The van der Waals surface area contributed by atoms with Crippen molar-refractivity contribution in [1.82, 2.24) is 9.97 Å². The van der Waals surface area contributed by atoms with Crippen LogP contribution in [0.15, 0.2) is 11.0 Å². The topological polar surface area (TPSA) is 115 Å². The van der Waals surface area contributed by atoms with Crippen molar-refractivity contribution >= 4 is 12.2 Å². The van der Waals surface area contributed by atoms with Crippen LogP contribution in [0, 0.1) is 11.7 Å². The molecule has 1 unspecified atom stereocenters. The molecule has 104 valence electrons. The summed E-state index contributed by atoms with van der Waals surface area (Å²) in [5.74, 6) is -0.618. The van der Waals surface area contributed by atoms with Crippen molar-refractivity contribution in [2.75, 3.05) is 0 Å². The van der Waals surface area contributed by atoms with Crippen molar-refractivity contribution in [3.8, 4) is 11.6 Å². The van der Waals surface area contributed by atoms with Crippen LogP contribution in [0.5, 0.6) is 11.6 Å². The third-order valence-corrected chi connectivity index (χ3v) is 3.50. The summed E-state index contributed by atoms with van der Waals surface area (Å²) in [6.45, 7) is 1.89. The van der Waals surface area contributed by atoms with Gasteiger partial charge in [-0.2, -0.15) is 0 Å². The largest absolute Gasteiger partial charge is 0.860 e. The number of aromatic amines is 3. The van der Waals surface area contributed by atoms with Gasteiger partial charge in [0.2, 0.25) is 5.69 Å². The van der Waals surface area contributed by atoms with Gasteiger partial charge in [0, 0.05) is 12.5 Å². The fraction of sp³-hybridized carbons (Fsp3) is 0.250. The van der Waals surface area contributed by atoms with Crippen LogP contribution in [-0.4, -0.2) is 15.1 Å². The van der Waals surface area contributed by atoms with Gasteiger partial charge in [-0.15, -0.1) is 0 Å². The van der Waals surface area contributed by atoms with E-state index in [1.807, 2.05) is 0 Å². The van der Waals surface area contributed by atoms with Gasteiger partial charge in [-0.3, -0.25) is 9.78 Å². The molecule has 0 bridgehead atoms. The minimum absolute atomic E-state index is 0.00810. The Labute approximate surface area is 117 Å². The second-order valence-corrected chi connectivity index (χ2v) is 4.95. The molecule has 4 N–H and O–H groups in total. The Balaban J connectivity index is 2.25. The van der Waals surface area contributed by atoms with Crippen LogP contribution in [0.2, 0.25) is 0 Å². The summed E-state index contributed by atoms with van der Waals surface area (Å²) in [5, 5.41) is 22.1. The maximum Gasteiger partial charge on any atom is 0.257 e. The standard InChI is InChI=1S/C12H11N3O4S/c1-4-8(16)6-5(2-13-4)3-19-9(6)7-10(17)14-12(20)15-11(7)18/h2,9,16H,3H2,1H3,(H3,14,15,17,18,20). The average Bonchev–Trinajstić information content (AvgIpc) is 2.77. The lowest BCUT2D eigenvalue weighted by molar-refractivity contribution is -0.389. The van der Waals surface area contributed by atoms with Gasteiger partial charge in [0.15, 0.2) is 16.7 Å². The van der Waals surface area contributed by atoms with Crippen LogP contribution in [-0.2, 0) is 11.3 Å². The molecule has 2 aromatic rings. The number of pyridine rings is 1. The molecule has 0 fully saturated rings. The molecule has 0 amide bonds. The smallest absolute Gasteiger partial charge is 0.257 e. The van der Waals surface area contributed by atoms with Gasteiger partial charge in [-0.05, 0) is 18.1 Å². The van der Waals surface area contributed by atoms with Crippen LogP contribution >= 0.6 is 12.2 Å². The molecule has 1 aliphatic heterocycles. The van der Waals surface area contributed by atoms with Crippen molar-refractivity contribution < 1.29 is 19.9 Å². The van der Waals surface area contributed by atoms with Crippen LogP contribution in [0.1, 0.15) is 28.5 Å². The maximum absolute atomic E-state index is 11.9. The highest BCUT2D eigenvalue weighted by Gasteiger charge is 2.33. The van der Waals surface area contributed by atoms with Gasteiger partial charge in [0.05, 0.1) is 17.7 Å². The van der Waals surface area contributed by atoms with E-state index in [-0.39, 0.29) is 22.7 Å². The molecule has 3 rings (SSSR count). The van der Waals surface area contributed by atoms with Crippen molar-refractivity contribution in [3.05, 3.63) is 43.7 Å². The number of hydrogen-bond donors (Lipinski definition) is 3. The normalized spacial score (nSPS) is 17.1. The third kappa shape index (κ3) is 1.81. The van der Waals surface area contributed by atoms with E-state index < -0.39 is 17.5 Å². The highest BCUT2D eigenvalue weighted by molar-refractivity contribution is 7.71. The molecule has 0 saturated carbocycles. The van der Waals surface area contributed by atoms with Gasteiger partial charge < -0.3 is 19.9 Å². The average molecular weight is 293 g/mol. The summed E-state index contributed by atoms with van der Waals surface area (Å²) >= 11 is 4.74. The van der Waals surface area contributed by atoms with Gasteiger partial charge in [0.1, 0.15) is 6.10 Å². The second kappa shape index (κ2) is 4.43. The zero-order chi connectivity index (χ0) is 14.4. The van der Waals surface area contributed by atoms with E-state index in [0.717, 1.165) is 0 Å². The number of fused-ring (bicyclic) bond motifs is 1. The molecule has 0 aromatic carbocycles. The fourth-order valence-corrected chi connectivity index (χ4v) is 2.49. The number of rotatable bonds is 1. The van der Waals surface area contributed by atoms with E-state index >= 15 is 0 Å². The number of H-pyrrole nitrogens is 3. The van der Waals surface area contributed by atoms with Gasteiger partial charge >= 0.3 is 0 Å². The quantitative estimate of drug-likeness (QED) is 0.638. The van der Waals surface area contributed by atoms with Gasteiger partial charge in [-0.1, -0.05) is 0 Å². The third-order valence-electron chi connectivity index (χ3n) is 3.29. The molecule has 2 aromatic heterocycles. The minimum atomic E-state index is -0.901. The summed E-state index contributed by atoms with van der Waals surface area (Å²) in [5.41, 5.74) is 0.959. The fourth-order valence-electron chi connectivity index (χ4n) is 2.31. The van der Waals surface area contributed by atoms with Crippen molar-refractivity contribution in [1.29, 1.82) is 0 Å². The Morgan fingerprint density at radius 1 is 1.50 bits per heavy atom. The molecule has 20 heavy (non-hydrogen) atoms. The summed E-state index contributed by atoms with van der Waals surface area (Å²) in [6, 6.07) is 0. The molecule has 0 radical (unpaired) electrons. The van der Waals surface area contributed by atoms with E-state index in [1.54, 1.807) is 13.1 Å². The van der Waals surface area contributed by atoms with E-state index in [1.165, 1.54) is 0 Å². The Morgan fingerprint density at radius 3 is 2.95 bits per heavy atom. The molecule has 1 aliphatic rings. The van der Waals surface area contributed by atoms with Gasteiger partial charge in [-0.25, -0.2) is 4.98 Å². The first-order chi connectivity index (χ1) is 9.49. The predicted octanol–water partition coefficient (Wildman–Crippen LogP) is -0.0462. The van der Waals surface area contributed by atoms with Crippen molar-refractivity contribution in [2.24, 2.45) is 0 Å².